The second-order valence-electron chi connectivity index (χ2n) is 8.29. The molecule has 0 saturated carbocycles. The highest BCUT2D eigenvalue weighted by Gasteiger charge is 2.18. The number of nitrogens with one attached hydrogen (secondary N) is 1. The third-order valence-corrected chi connectivity index (χ3v) is 4.58. The molecule has 3 rings (SSSR count). The third-order valence-electron chi connectivity index (χ3n) is 4.58. The van der Waals surface area contributed by atoms with Gasteiger partial charge < -0.3 is 19.7 Å². The Balaban J connectivity index is 1.77. The van der Waals surface area contributed by atoms with Gasteiger partial charge in [0, 0.05) is 56.4 Å². The lowest BCUT2D eigenvalue weighted by Gasteiger charge is -2.24. The second-order valence-corrected chi connectivity index (χ2v) is 8.29. The van der Waals surface area contributed by atoms with Gasteiger partial charge in [0.1, 0.15) is 11.3 Å². The molecule has 3 aromatic rings. The first-order valence-electron chi connectivity index (χ1n) is 10.3. The highest BCUT2D eigenvalue weighted by molar-refractivity contribution is 5.73. The zero-order valence-corrected chi connectivity index (χ0v) is 19.0. The van der Waals surface area contributed by atoms with E-state index in [0.717, 1.165) is 16.8 Å². The predicted octanol–water partition coefficient (Wildman–Crippen LogP) is 2.02. The first-order chi connectivity index (χ1) is 15.2. The summed E-state index contributed by atoms with van der Waals surface area (Å²) in [5.74, 6) is -0.321. The summed E-state index contributed by atoms with van der Waals surface area (Å²) in [7, 11) is 3.21. The van der Waals surface area contributed by atoms with Crippen molar-refractivity contribution in [1.82, 2.24) is 29.7 Å². The Kier molecular flexibility index (Phi) is 6.96. The van der Waals surface area contributed by atoms with Crippen LogP contribution in [-0.4, -0.2) is 68.8 Å². The minimum absolute atomic E-state index is 0.189. The van der Waals surface area contributed by atoms with Crippen LogP contribution < -0.4 is 10.2 Å². The van der Waals surface area contributed by atoms with Gasteiger partial charge >= 0.3 is 12.1 Å². The molecule has 0 spiro atoms. The SMILES string of the molecule is COC(=O)CCN(CCNC(=O)OC(C)(C)C)c1cnn2cc(-c3cnn(C)c3)cnc12. The third kappa shape index (κ3) is 5.96. The number of carbonyl (C=O) groups is 2. The zero-order valence-electron chi connectivity index (χ0n) is 19.0. The number of alkyl carbamates (subject to hydrolysis) is 1. The number of ether oxygens (including phenoxy) is 2. The van der Waals surface area contributed by atoms with Gasteiger partial charge in [0.2, 0.25) is 0 Å². The summed E-state index contributed by atoms with van der Waals surface area (Å²) in [6.07, 6.45) is 8.68. The summed E-state index contributed by atoms with van der Waals surface area (Å²) >= 11 is 0. The van der Waals surface area contributed by atoms with E-state index in [1.165, 1.54) is 7.11 Å². The number of esters is 1. The van der Waals surface area contributed by atoms with Crippen molar-refractivity contribution in [3.63, 3.8) is 0 Å². The van der Waals surface area contributed by atoms with Crippen LogP contribution in [0.5, 0.6) is 0 Å². The number of carbonyl (C=O) groups excluding carboxylic acids is 2. The Labute approximate surface area is 186 Å². The van der Waals surface area contributed by atoms with Gasteiger partial charge in [-0.2, -0.15) is 10.2 Å². The summed E-state index contributed by atoms with van der Waals surface area (Å²) in [6.45, 7) is 6.56. The monoisotopic (exact) mass is 443 g/mol. The van der Waals surface area contributed by atoms with Crippen LogP contribution in [0.15, 0.2) is 31.0 Å². The molecule has 0 unspecified atom stereocenters. The molecule has 3 aromatic heterocycles. The van der Waals surface area contributed by atoms with Gasteiger partial charge in [0.25, 0.3) is 0 Å². The Bertz CT molecular complexity index is 1080. The Morgan fingerprint density at radius 2 is 1.84 bits per heavy atom. The lowest BCUT2D eigenvalue weighted by atomic mass is 10.2. The number of amides is 1. The van der Waals surface area contributed by atoms with Crippen molar-refractivity contribution >= 4 is 23.4 Å². The Hall–Kier alpha value is -3.63. The van der Waals surface area contributed by atoms with Crippen molar-refractivity contribution < 1.29 is 19.1 Å². The van der Waals surface area contributed by atoms with E-state index in [1.807, 2.05) is 24.3 Å². The highest BCUT2D eigenvalue weighted by atomic mass is 16.6. The molecule has 1 N–H and O–H groups in total. The number of rotatable bonds is 8. The summed E-state index contributed by atoms with van der Waals surface area (Å²) in [5.41, 5.74) is 2.63. The smallest absolute Gasteiger partial charge is 0.407 e. The summed E-state index contributed by atoms with van der Waals surface area (Å²) in [5, 5.41) is 11.4. The second kappa shape index (κ2) is 9.67. The minimum Gasteiger partial charge on any atom is -0.469 e. The molecule has 172 valence electrons. The van der Waals surface area contributed by atoms with Crippen LogP contribution in [0.3, 0.4) is 0 Å². The Morgan fingerprint density at radius 3 is 2.50 bits per heavy atom. The quantitative estimate of drug-likeness (QED) is 0.526. The molecule has 1 amide bonds. The molecule has 0 saturated heterocycles. The number of nitrogens with zero attached hydrogens (tertiary/aromatic N) is 6. The maximum atomic E-state index is 12.0. The molecule has 0 bridgehead atoms. The van der Waals surface area contributed by atoms with Gasteiger partial charge in [-0.3, -0.25) is 9.48 Å². The van der Waals surface area contributed by atoms with Crippen LogP contribution in [0.4, 0.5) is 10.5 Å². The standard InChI is InChI=1S/C21H29N7O4/c1-21(2,3)32-20(30)22-7-9-27(8-6-18(29)31-5)17-12-25-28-14-15(10-23-19(17)28)16-11-24-26(4)13-16/h10-14H,6-9H2,1-5H3,(H,22,30). The van der Waals surface area contributed by atoms with Crippen molar-refractivity contribution in [1.29, 1.82) is 0 Å². The van der Waals surface area contributed by atoms with Crippen LogP contribution in [0.1, 0.15) is 27.2 Å². The molecule has 32 heavy (non-hydrogen) atoms. The van der Waals surface area contributed by atoms with E-state index < -0.39 is 11.7 Å². The number of methoxy groups -OCH3 is 1. The highest BCUT2D eigenvalue weighted by Crippen LogP contribution is 2.23. The first-order valence-corrected chi connectivity index (χ1v) is 10.3. The maximum absolute atomic E-state index is 12.0. The fraction of sp³-hybridized carbons (Fsp3) is 0.476. The van der Waals surface area contributed by atoms with Crippen LogP contribution >= 0.6 is 0 Å². The molecule has 0 radical (unpaired) electrons. The molecule has 0 atom stereocenters. The number of anilines is 1. The van der Waals surface area contributed by atoms with Gasteiger partial charge in [-0.1, -0.05) is 0 Å². The molecule has 11 nitrogen and oxygen atoms in total. The van der Waals surface area contributed by atoms with Gasteiger partial charge in [-0.25, -0.2) is 14.3 Å². The van der Waals surface area contributed by atoms with E-state index in [0.29, 0.717) is 25.3 Å². The topological polar surface area (TPSA) is 116 Å². The van der Waals surface area contributed by atoms with E-state index in [4.69, 9.17) is 9.47 Å². The van der Waals surface area contributed by atoms with Crippen molar-refractivity contribution in [2.45, 2.75) is 32.8 Å². The van der Waals surface area contributed by atoms with E-state index >= 15 is 0 Å². The average molecular weight is 444 g/mol. The Morgan fingerprint density at radius 1 is 1.09 bits per heavy atom. The van der Waals surface area contributed by atoms with E-state index in [1.54, 1.807) is 48.6 Å². The molecule has 0 aliphatic heterocycles. The number of aromatic nitrogens is 5. The van der Waals surface area contributed by atoms with Crippen LogP contribution in [0.25, 0.3) is 16.8 Å². The molecule has 0 aliphatic carbocycles. The summed E-state index contributed by atoms with van der Waals surface area (Å²) in [6, 6.07) is 0. The molecule has 3 heterocycles. The molecule has 0 fully saturated rings. The molecule has 0 aromatic carbocycles. The van der Waals surface area contributed by atoms with Crippen molar-refractivity contribution in [2.75, 3.05) is 31.6 Å². The maximum Gasteiger partial charge on any atom is 0.407 e. The fourth-order valence-corrected chi connectivity index (χ4v) is 3.09. The number of aryl methyl sites for hydroxylation is 1. The largest absolute Gasteiger partial charge is 0.469 e. The molecular formula is C21H29N7O4. The van der Waals surface area contributed by atoms with Gasteiger partial charge in [-0.15, -0.1) is 0 Å². The lowest BCUT2D eigenvalue weighted by molar-refractivity contribution is -0.140. The van der Waals surface area contributed by atoms with Crippen molar-refractivity contribution in [3.05, 3.63) is 31.0 Å². The number of fused-ring (bicyclic) bond motifs is 1. The van der Waals surface area contributed by atoms with Crippen molar-refractivity contribution in [2.24, 2.45) is 7.05 Å². The first kappa shape index (κ1) is 23.0. The van der Waals surface area contributed by atoms with Gasteiger partial charge in [0.05, 0.1) is 25.9 Å². The number of hydrogen-bond acceptors (Lipinski definition) is 8. The fourth-order valence-electron chi connectivity index (χ4n) is 3.09. The number of hydrogen-bond donors (Lipinski definition) is 1. The zero-order chi connectivity index (χ0) is 23.3. The predicted molar refractivity (Wildman–Crippen MR) is 118 cm³/mol. The molecule has 11 heteroatoms. The van der Waals surface area contributed by atoms with Crippen LogP contribution in [0, 0.1) is 0 Å². The lowest BCUT2D eigenvalue weighted by Crippen LogP contribution is -2.38. The van der Waals surface area contributed by atoms with Crippen LogP contribution in [0.2, 0.25) is 0 Å². The summed E-state index contributed by atoms with van der Waals surface area (Å²) < 4.78 is 13.5. The van der Waals surface area contributed by atoms with E-state index in [2.05, 4.69) is 20.5 Å². The van der Waals surface area contributed by atoms with Gasteiger partial charge in [-0.05, 0) is 20.8 Å². The van der Waals surface area contributed by atoms with Crippen LogP contribution in [-0.2, 0) is 21.3 Å². The van der Waals surface area contributed by atoms with Gasteiger partial charge in [0.15, 0.2) is 5.65 Å². The normalized spacial score (nSPS) is 11.4. The molecular weight excluding hydrogens is 414 g/mol. The minimum atomic E-state index is -0.576. The molecule has 0 aliphatic rings. The summed E-state index contributed by atoms with van der Waals surface area (Å²) in [4.78, 5) is 30.2. The average Bonchev–Trinajstić information content (AvgIpc) is 3.34. The van der Waals surface area contributed by atoms with E-state index in [-0.39, 0.29) is 12.4 Å². The van der Waals surface area contributed by atoms with E-state index in [9.17, 15) is 9.59 Å². The van der Waals surface area contributed by atoms with Crippen molar-refractivity contribution in [3.8, 4) is 11.1 Å².